The lowest BCUT2D eigenvalue weighted by Crippen LogP contribution is -2.31. The summed E-state index contributed by atoms with van der Waals surface area (Å²) in [5.41, 5.74) is 0. The highest BCUT2D eigenvalue weighted by Crippen LogP contribution is 2.15. The monoisotopic (exact) mass is 253 g/mol. The van der Waals surface area contributed by atoms with Gasteiger partial charge in [-0.05, 0) is 43.2 Å². The molecule has 0 bridgehead atoms. The maximum absolute atomic E-state index is 3.69. The van der Waals surface area contributed by atoms with Crippen molar-refractivity contribution in [1.29, 1.82) is 0 Å². The molecule has 1 nitrogen and oxygen atoms in total. The molecule has 1 atom stereocenters. The van der Waals surface area contributed by atoms with Crippen molar-refractivity contribution in [1.82, 2.24) is 5.32 Å². The zero-order valence-corrected chi connectivity index (χ0v) is 12.4. The fraction of sp³-hybridized carbons (Fsp3) is 0.733. The molecule has 0 fully saturated rings. The first kappa shape index (κ1) is 14.7. The third kappa shape index (κ3) is 6.85. The average molecular weight is 253 g/mol. The van der Waals surface area contributed by atoms with E-state index in [1.807, 2.05) is 11.3 Å². The summed E-state index contributed by atoms with van der Waals surface area (Å²) in [6, 6.07) is 5.09. The van der Waals surface area contributed by atoms with Crippen LogP contribution in [0.4, 0.5) is 0 Å². The Bertz CT molecular complexity index is 266. The molecular weight excluding hydrogens is 226 g/mol. The summed E-state index contributed by atoms with van der Waals surface area (Å²) in [5, 5.41) is 5.87. The first-order valence-corrected chi connectivity index (χ1v) is 7.86. The van der Waals surface area contributed by atoms with Gasteiger partial charge in [-0.1, -0.05) is 39.7 Å². The maximum atomic E-state index is 3.69. The Labute approximate surface area is 111 Å². The van der Waals surface area contributed by atoms with E-state index in [2.05, 4.69) is 43.6 Å². The Morgan fingerprint density at radius 3 is 2.71 bits per heavy atom. The van der Waals surface area contributed by atoms with E-state index >= 15 is 0 Å². The Kier molecular flexibility index (Phi) is 7.54. The van der Waals surface area contributed by atoms with E-state index in [-0.39, 0.29) is 0 Å². The highest BCUT2D eigenvalue weighted by Gasteiger charge is 2.09. The number of hydrogen-bond acceptors (Lipinski definition) is 2. The molecule has 0 aliphatic rings. The molecule has 17 heavy (non-hydrogen) atoms. The van der Waals surface area contributed by atoms with Crippen molar-refractivity contribution in [2.75, 3.05) is 6.54 Å². The molecule has 1 unspecified atom stereocenters. The average Bonchev–Trinajstić information content (AvgIpc) is 2.78. The topological polar surface area (TPSA) is 12.0 Å². The van der Waals surface area contributed by atoms with E-state index in [4.69, 9.17) is 0 Å². The van der Waals surface area contributed by atoms with Crippen molar-refractivity contribution in [2.24, 2.45) is 5.92 Å². The van der Waals surface area contributed by atoms with Crippen molar-refractivity contribution in [3.63, 3.8) is 0 Å². The minimum Gasteiger partial charge on any atom is -0.314 e. The predicted molar refractivity (Wildman–Crippen MR) is 78.8 cm³/mol. The molecule has 1 aromatic rings. The standard InChI is InChI=1S/C15H27NS/c1-4-10-16-14(8-5-7-13(2)3)12-15-9-6-11-17-15/h6,9,11,13-14,16H,4-5,7-8,10,12H2,1-3H3. The van der Waals surface area contributed by atoms with Gasteiger partial charge >= 0.3 is 0 Å². The summed E-state index contributed by atoms with van der Waals surface area (Å²) in [6.45, 7) is 8.02. The molecule has 2 heteroatoms. The quantitative estimate of drug-likeness (QED) is 0.684. The van der Waals surface area contributed by atoms with Crippen LogP contribution >= 0.6 is 11.3 Å². The largest absolute Gasteiger partial charge is 0.314 e. The second-order valence-electron chi connectivity index (χ2n) is 5.26. The lowest BCUT2D eigenvalue weighted by Gasteiger charge is -2.18. The lowest BCUT2D eigenvalue weighted by atomic mass is 10.0. The smallest absolute Gasteiger partial charge is 0.0115 e. The third-order valence-corrected chi connectivity index (χ3v) is 3.94. The molecule has 1 aromatic heterocycles. The minimum atomic E-state index is 0.673. The molecule has 0 aromatic carbocycles. The summed E-state index contributed by atoms with van der Waals surface area (Å²) in [5.74, 6) is 0.837. The number of nitrogens with one attached hydrogen (secondary N) is 1. The molecule has 1 heterocycles. The van der Waals surface area contributed by atoms with E-state index in [9.17, 15) is 0 Å². The number of thiophene rings is 1. The minimum absolute atomic E-state index is 0.673. The molecule has 0 radical (unpaired) electrons. The van der Waals surface area contributed by atoms with Gasteiger partial charge in [-0.3, -0.25) is 0 Å². The number of rotatable bonds is 9. The highest BCUT2D eigenvalue weighted by molar-refractivity contribution is 7.09. The van der Waals surface area contributed by atoms with E-state index in [1.54, 1.807) is 0 Å². The van der Waals surface area contributed by atoms with Crippen LogP contribution in [0.15, 0.2) is 17.5 Å². The molecule has 0 spiro atoms. The fourth-order valence-corrected chi connectivity index (χ4v) is 2.86. The molecule has 0 saturated heterocycles. The molecule has 0 aliphatic carbocycles. The van der Waals surface area contributed by atoms with Gasteiger partial charge in [-0.2, -0.15) is 0 Å². The lowest BCUT2D eigenvalue weighted by molar-refractivity contribution is 0.436. The van der Waals surface area contributed by atoms with Crippen LogP contribution in [0.2, 0.25) is 0 Å². The highest BCUT2D eigenvalue weighted by atomic mass is 32.1. The van der Waals surface area contributed by atoms with Crippen LogP contribution in [0.5, 0.6) is 0 Å². The molecule has 0 saturated carbocycles. The molecule has 0 aliphatic heterocycles. The van der Waals surface area contributed by atoms with Crippen LogP contribution in [0.1, 0.15) is 51.3 Å². The predicted octanol–water partition coefficient (Wildman–Crippen LogP) is 4.49. The molecule has 1 N–H and O–H groups in total. The Morgan fingerprint density at radius 2 is 2.12 bits per heavy atom. The van der Waals surface area contributed by atoms with Gasteiger partial charge in [0.2, 0.25) is 0 Å². The zero-order chi connectivity index (χ0) is 12.5. The van der Waals surface area contributed by atoms with Crippen molar-refractivity contribution in [3.8, 4) is 0 Å². The molecule has 98 valence electrons. The van der Waals surface area contributed by atoms with E-state index in [0.717, 1.165) is 12.5 Å². The van der Waals surface area contributed by atoms with Crippen LogP contribution in [0, 0.1) is 5.92 Å². The van der Waals surface area contributed by atoms with Gasteiger partial charge in [0.15, 0.2) is 0 Å². The second kappa shape index (κ2) is 8.71. The summed E-state index contributed by atoms with van der Waals surface area (Å²) in [7, 11) is 0. The van der Waals surface area contributed by atoms with Crippen LogP contribution < -0.4 is 5.32 Å². The van der Waals surface area contributed by atoms with Crippen LogP contribution in [0.3, 0.4) is 0 Å². The summed E-state index contributed by atoms with van der Waals surface area (Å²) >= 11 is 1.88. The Balaban J connectivity index is 2.31. The van der Waals surface area contributed by atoms with Gasteiger partial charge in [-0.15, -0.1) is 11.3 Å². The first-order valence-electron chi connectivity index (χ1n) is 6.98. The zero-order valence-electron chi connectivity index (χ0n) is 11.5. The van der Waals surface area contributed by atoms with E-state index in [1.165, 1.54) is 37.0 Å². The second-order valence-corrected chi connectivity index (χ2v) is 6.29. The Hall–Kier alpha value is -0.340. The molecular formula is C15H27NS. The van der Waals surface area contributed by atoms with Gasteiger partial charge < -0.3 is 5.32 Å². The van der Waals surface area contributed by atoms with E-state index < -0.39 is 0 Å². The van der Waals surface area contributed by atoms with Crippen LogP contribution in [-0.4, -0.2) is 12.6 Å². The van der Waals surface area contributed by atoms with Gasteiger partial charge in [0.25, 0.3) is 0 Å². The van der Waals surface area contributed by atoms with Gasteiger partial charge in [0.1, 0.15) is 0 Å². The van der Waals surface area contributed by atoms with Crippen molar-refractivity contribution < 1.29 is 0 Å². The van der Waals surface area contributed by atoms with Crippen molar-refractivity contribution in [3.05, 3.63) is 22.4 Å². The van der Waals surface area contributed by atoms with E-state index in [0.29, 0.717) is 6.04 Å². The summed E-state index contributed by atoms with van der Waals surface area (Å²) in [6.07, 6.45) is 6.45. The van der Waals surface area contributed by atoms with Crippen LogP contribution in [0.25, 0.3) is 0 Å². The van der Waals surface area contributed by atoms with Crippen LogP contribution in [-0.2, 0) is 6.42 Å². The maximum Gasteiger partial charge on any atom is 0.0115 e. The fourth-order valence-electron chi connectivity index (χ4n) is 2.07. The molecule has 0 amide bonds. The Morgan fingerprint density at radius 1 is 1.29 bits per heavy atom. The third-order valence-electron chi connectivity index (χ3n) is 3.04. The SMILES string of the molecule is CCCNC(CCCC(C)C)Cc1cccs1. The van der Waals surface area contributed by atoms with Gasteiger partial charge in [0, 0.05) is 10.9 Å². The normalized spacial score (nSPS) is 13.2. The van der Waals surface area contributed by atoms with Crippen molar-refractivity contribution in [2.45, 2.75) is 58.9 Å². The number of hydrogen-bond donors (Lipinski definition) is 1. The first-order chi connectivity index (χ1) is 8.22. The van der Waals surface area contributed by atoms with Crippen molar-refractivity contribution >= 4 is 11.3 Å². The van der Waals surface area contributed by atoms with Gasteiger partial charge in [-0.25, -0.2) is 0 Å². The summed E-state index contributed by atoms with van der Waals surface area (Å²) in [4.78, 5) is 1.52. The summed E-state index contributed by atoms with van der Waals surface area (Å²) < 4.78 is 0. The van der Waals surface area contributed by atoms with Gasteiger partial charge in [0.05, 0.1) is 0 Å². The molecule has 1 rings (SSSR count).